The molecular formula is C41H44FIN8O5. The molecule has 292 valence electrons. The molecule has 4 aromatic rings. The minimum absolute atomic E-state index is 0.0997. The highest BCUT2D eigenvalue weighted by atomic mass is 127. The van der Waals surface area contributed by atoms with Gasteiger partial charge in [-0.3, -0.25) is 43.2 Å². The number of carbonyl (C=O) groups excluding carboxylic acids is 2. The molecule has 2 aromatic carbocycles. The number of aliphatic imine (C=N–C) groups is 1. The Hall–Kier alpha value is -5.32. The van der Waals surface area contributed by atoms with E-state index >= 15 is 4.39 Å². The van der Waals surface area contributed by atoms with Gasteiger partial charge in [0.05, 0.1) is 22.8 Å². The van der Waals surface area contributed by atoms with E-state index in [4.69, 9.17) is 0 Å². The van der Waals surface area contributed by atoms with Crippen LogP contribution in [-0.2, 0) is 16.6 Å². The summed E-state index contributed by atoms with van der Waals surface area (Å²) in [4.78, 5) is 72.6. The minimum Gasteiger partial charge on any atom is -0.385 e. The normalized spacial score (nSPS) is 18.3. The van der Waals surface area contributed by atoms with Gasteiger partial charge in [-0.1, -0.05) is 6.07 Å². The summed E-state index contributed by atoms with van der Waals surface area (Å²) in [5.74, 6) is -1.09. The molecule has 13 nitrogen and oxygen atoms in total. The Balaban J connectivity index is 1.14. The van der Waals surface area contributed by atoms with Crippen molar-refractivity contribution in [1.82, 2.24) is 23.9 Å². The van der Waals surface area contributed by atoms with E-state index in [1.165, 1.54) is 26.8 Å². The number of piperidine rings is 2. The summed E-state index contributed by atoms with van der Waals surface area (Å²) < 4.78 is 19.8. The maximum atomic E-state index is 15.1. The molecule has 7 rings (SSSR count). The Morgan fingerprint density at radius 2 is 1.79 bits per heavy atom. The molecule has 3 aliphatic rings. The third-order valence-corrected chi connectivity index (χ3v) is 11.7. The number of hydrogen-bond donors (Lipinski definition) is 3. The fourth-order valence-electron chi connectivity index (χ4n) is 7.76. The predicted molar refractivity (Wildman–Crippen MR) is 225 cm³/mol. The van der Waals surface area contributed by atoms with Crippen LogP contribution < -0.4 is 32.8 Å². The average Bonchev–Trinajstić information content (AvgIpc) is 4.01. The van der Waals surface area contributed by atoms with Crippen LogP contribution in [0.25, 0.3) is 16.6 Å². The van der Waals surface area contributed by atoms with Crippen molar-refractivity contribution in [1.29, 1.82) is 0 Å². The third kappa shape index (κ3) is 7.73. The van der Waals surface area contributed by atoms with Gasteiger partial charge in [0.1, 0.15) is 17.0 Å². The van der Waals surface area contributed by atoms with Gasteiger partial charge in [0, 0.05) is 65.9 Å². The van der Waals surface area contributed by atoms with E-state index in [2.05, 4.69) is 32.6 Å². The van der Waals surface area contributed by atoms with Crippen LogP contribution in [0.15, 0.2) is 85.4 Å². The third-order valence-electron chi connectivity index (χ3n) is 11.0. The fourth-order valence-corrected chi connectivity index (χ4v) is 8.21. The molecule has 4 heterocycles. The van der Waals surface area contributed by atoms with E-state index in [1.54, 1.807) is 31.3 Å². The number of aromatic nitrogens is 3. The minimum atomic E-state index is -0.540. The first kappa shape index (κ1) is 38.9. The fraction of sp³-hybridized carbons (Fsp3) is 0.366. The molecule has 1 aliphatic carbocycles. The molecule has 3 fully saturated rings. The van der Waals surface area contributed by atoms with Crippen LogP contribution in [0.4, 0.5) is 21.6 Å². The number of benzene rings is 2. The lowest BCUT2D eigenvalue weighted by molar-refractivity contribution is -0.135. The smallest absolute Gasteiger partial charge is 0.336 e. The molecule has 15 heteroatoms. The van der Waals surface area contributed by atoms with Crippen molar-refractivity contribution in [3.05, 3.63) is 112 Å². The van der Waals surface area contributed by atoms with Gasteiger partial charge in [0.15, 0.2) is 0 Å². The topological polar surface area (TPSA) is 152 Å². The number of allylic oxidation sites excluding steroid dienone is 2. The number of anilines is 3. The van der Waals surface area contributed by atoms with Gasteiger partial charge >= 0.3 is 5.69 Å². The molecule has 1 saturated carbocycles. The van der Waals surface area contributed by atoms with E-state index in [-0.39, 0.29) is 52.2 Å². The molecule has 2 saturated heterocycles. The molecule has 2 amide bonds. The van der Waals surface area contributed by atoms with Gasteiger partial charge in [-0.05, 0) is 129 Å². The number of rotatable bonds is 11. The summed E-state index contributed by atoms with van der Waals surface area (Å²) in [6, 6.07) is 11.8. The molecule has 56 heavy (non-hydrogen) atoms. The maximum absolute atomic E-state index is 15.1. The quantitative estimate of drug-likeness (QED) is 0.0758. The van der Waals surface area contributed by atoms with Gasteiger partial charge in [-0.2, -0.15) is 0 Å². The first-order chi connectivity index (χ1) is 26.9. The van der Waals surface area contributed by atoms with Gasteiger partial charge in [0.2, 0.25) is 11.8 Å². The zero-order valence-electron chi connectivity index (χ0n) is 31.5. The largest absolute Gasteiger partial charge is 0.385 e. The SMILES string of the molecule is C=N/C=C(\C=C(/C)N1CCC(CNc2cccc(-n3c(=O)n(C4CC4)c(=O)c4c(Nc5ccc(I)cc5F)n(C)c(=O)c(C)c43)c2)CC1)C1CCC(=O)NC1=O. The lowest BCUT2D eigenvalue weighted by atomic mass is 9.89. The van der Waals surface area contributed by atoms with Crippen LogP contribution in [0.2, 0.25) is 0 Å². The number of nitrogens with one attached hydrogen (secondary N) is 3. The number of aryl methyl sites for hydroxylation is 1. The molecule has 1 atom stereocenters. The first-order valence-electron chi connectivity index (χ1n) is 18.8. The highest BCUT2D eigenvalue weighted by Crippen LogP contribution is 2.34. The van der Waals surface area contributed by atoms with E-state index in [0.717, 1.165) is 42.9 Å². The van der Waals surface area contributed by atoms with Crippen molar-refractivity contribution in [2.45, 2.75) is 58.4 Å². The lowest BCUT2D eigenvalue weighted by Crippen LogP contribution is -2.41. The van der Waals surface area contributed by atoms with Crippen molar-refractivity contribution in [3.63, 3.8) is 0 Å². The number of halogens is 2. The highest BCUT2D eigenvalue weighted by Gasteiger charge is 2.32. The van der Waals surface area contributed by atoms with E-state index in [9.17, 15) is 24.0 Å². The van der Waals surface area contributed by atoms with Crippen LogP contribution in [0.3, 0.4) is 0 Å². The monoisotopic (exact) mass is 874 g/mol. The lowest BCUT2D eigenvalue weighted by Gasteiger charge is -2.35. The summed E-state index contributed by atoms with van der Waals surface area (Å²) in [5, 5.41) is 9.11. The standard InChI is InChI=1S/C41H44FIN8O5/c1-23(18-26(22-44-3)31-11-13-34(52)47-38(31)53)49-16-14-25(15-17-49)21-45-28-6-5-7-30(20-28)50-36-24(2)39(54)48(4)37(46-33-12-8-27(43)19-32(33)42)35(36)40(55)51(41(50)56)29-9-10-29/h5-8,12,18-20,22,25,29,31,45-46H,3,9-11,13-17,21H2,1-2,4H3,(H,47,52,53)/b23-18+,26-22+. The Bertz CT molecular complexity index is 2510. The van der Waals surface area contributed by atoms with E-state index in [1.807, 2.05) is 53.8 Å². The Labute approximate surface area is 336 Å². The number of carbonyl (C=O) groups is 2. The maximum Gasteiger partial charge on any atom is 0.336 e. The number of hydrogen-bond acceptors (Lipinski definition) is 9. The molecule has 0 bridgehead atoms. The summed E-state index contributed by atoms with van der Waals surface area (Å²) in [6.07, 6.45) is 7.48. The van der Waals surface area contributed by atoms with Crippen molar-refractivity contribution in [2.75, 3.05) is 30.3 Å². The summed E-state index contributed by atoms with van der Waals surface area (Å²) in [5.41, 5.74) is 2.05. The van der Waals surface area contributed by atoms with Crippen LogP contribution in [0.5, 0.6) is 0 Å². The van der Waals surface area contributed by atoms with Crippen LogP contribution in [-0.4, -0.2) is 56.8 Å². The second-order valence-corrected chi connectivity index (χ2v) is 16.0. The second kappa shape index (κ2) is 16.0. The van der Waals surface area contributed by atoms with Gasteiger partial charge in [-0.15, -0.1) is 0 Å². The van der Waals surface area contributed by atoms with Crippen LogP contribution >= 0.6 is 22.6 Å². The number of nitrogens with zero attached hydrogens (tertiary/aromatic N) is 5. The number of amides is 2. The van der Waals surface area contributed by atoms with Crippen molar-refractivity contribution in [2.24, 2.45) is 23.9 Å². The summed E-state index contributed by atoms with van der Waals surface area (Å²) in [6.45, 7) is 9.51. The second-order valence-electron chi connectivity index (χ2n) is 14.8. The zero-order chi connectivity index (χ0) is 39.8. The molecule has 3 N–H and O–H groups in total. The molecule has 0 radical (unpaired) electrons. The summed E-state index contributed by atoms with van der Waals surface area (Å²) in [7, 11) is 1.53. The number of imide groups is 1. The van der Waals surface area contributed by atoms with E-state index < -0.39 is 28.5 Å². The molecule has 2 aliphatic heterocycles. The number of pyridine rings is 1. The number of likely N-dealkylation sites (tertiary alicyclic amines) is 1. The van der Waals surface area contributed by atoms with Crippen molar-refractivity contribution in [3.8, 4) is 5.69 Å². The molecule has 0 spiro atoms. The van der Waals surface area contributed by atoms with Gasteiger partial charge < -0.3 is 15.5 Å². The van der Waals surface area contributed by atoms with Crippen LogP contribution in [0.1, 0.15) is 57.1 Å². The van der Waals surface area contributed by atoms with Crippen molar-refractivity contribution >= 4 is 69.2 Å². The molecular weight excluding hydrogens is 830 g/mol. The van der Waals surface area contributed by atoms with Gasteiger partial charge in [0.25, 0.3) is 11.1 Å². The van der Waals surface area contributed by atoms with Crippen molar-refractivity contribution < 1.29 is 14.0 Å². The van der Waals surface area contributed by atoms with Gasteiger partial charge in [-0.25, -0.2) is 9.18 Å². The highest BCUT2D eigenvalue weighted by molar-refractivity contribution is 14.1. The van der Waals surface area contributed by atoms with Crippen LogP contribution in [0, 0.1) is 28.1 Å². The zero-order valence-corrected chi connectivity index (χ0v) is 33.7. The first-order valence-corrected chi connectivity index (χ1v) is 19.8. The Morgan fingerprint density at radius 1 is 1.04 bits per heavy atom. The Kier molecular flexibility index (Phi) is 11.2. The average molecular weight is 875 g/mol. The predicted octanol–water partition coefficient (Wildman–Crippen LogP) is 5.65. The molecule has 1 unspecified atom stereocenters. The summed E-state index contributed by atoms with van der Waals surface area (Å²) >= 11 is 2.01. The number of fused-ring (bicyclic) bond motifs is 1. The van der Waals surface area contributed by atoms with E-state index in [0.29, 0.717) is 41.0 Å². The molecule has 2 aromatic heterocycles. The Morgan fingerprint density at radius 3 is 2.46 bits per heavy atom.